The lowest BCUT2D eigenvalue weighted by molar-refractivity contribution is 0.177. The van der Waals surface area contributed by atoms with Gasteiger partial charge in [0, 0.05) is 30.3 Å². The fourth-order valence-electron chi connectivity index (χ4n) is 3.26. The molecule has 0 aliphatic carbocycles. The molecule has 23 heavy (non-hydrogen) atoms. The second kappa shape index (κ2) is 7.02. The number of hydrogen-bond acceptors (Lipinski definition) is 3. The Kier molecular flexibility index (Phi) is 5.48. The van der Waals surface area contributed by atoms with E-state index in [1.165, 1.54) is 6.26 Å². The van der Waals surface area contributed by atoms with Crippen molar-refractivity contribution >= 4 is 20.6 Å². The van der Waals surface area contributed by atoms with Crippen LogP contribution in [0.5, 0.6) is 0 Å². The molecule has 0 amide bonds. The van der Waals surface area contributed by atoms with Gasteiger partial charge in [-0.3, -0.25) is 4.90 Å². The van der Waals surface area contributed by atoms with Gasteiger partial charge in [0.25, 0.3) is 0 Å². The fraction of sp³-hybridized carbons (Fsp3) is 0.474. The van der Waals surface area contributed by atoms with E-state index in [2.05, 4.69) is 38.7 Å². The van der Waals surface area contributed by atoms with E-state index in [0.717, 1.165) is 29.3 Å². The summed E-state index contributed by atoms with van der Waals surface area (Å²) in [6.07, 6.45) is 2.13. The third-order valence-corrected chi connectivity index (χ3v) is 5.46. The van der Waals surface area contributed by atoms with Gasteiger partial charge in [-0.05, 0) is 51.1 Å². The normalized spacial score (nSPS) is 12.7. The minimum atomic E-state index is -3.24. The first-order valence-corrected chi connectivity index (χ1v) is 10.1. The Morgan fingerprint density at radius 2 is 1.52 bits per heavy atom. The van der Waals surface area contributed by atoms with Crippen molar-refractivity contribution in [2.24, 2.45) is 0 Å². The first-order valence-electron chi connectivity index (χ1n) is 8.18. The highest BCUT2D eigenvalue weighted by atomic mass is 32.2. The summed E-state index contributed by atoms with van der Waals surface area (Å²) in [5.41, 5.74) is 1.11. The van der Waals surface area contributed by atoms with Crippen LogP contribution >= 0.6 is 0 Å². The van der Waals surface area contributed by atoms with E-state index < -0.39 is 9.84 Å². The Morgan fingerprint density at radius 1 is 0.957 bits per heavy atom. The van der Waals surface area contributed by atoms with Crippen molar-refractivity contribution in [3.05, 3.63) is 42.0 Å². The lowest BCUT2D eigenvalue weighted by atomic mass is 10.0. The number of sulfone groups is 1. The van der Waals surface area contributed by atoms with E-state index in [-0.39, 0.29) is 0 Å². The average Bonchev–Trinajstić information content (AvgIpc) is 2.45. The first-order chi connectivity index (χ1) is 10.7. The van der Waals surface area contributed by atoms with Gasteiger partial charge in [-0.15, -0.1) is 0 Å². The highest BCUT2D eigenvalue weighted by Crippen LogP contribution is 2.27. The van der Waals surface area contributed by atoms with Gasteiger partial charge in [0.1, 0.15) is 0 Å². The van der Waals surface area contributed by atoms with Crippen molar-refractivity contribution in [2.75, 3.05) is 12.8 Å². The highest BCUT2D eigenvalue weighted by molar-refractivity contribution is 7.91. The van der Waals surface area contributed by atoms with E-state index in [9.17, 15) is 8.42 Å². The largest absolute Gasteiger partial charge is 0.298 e. The predicted molar refractivity (Wildman–Crippen MR) is 97.7 cm³/mol. The maximum Gasteiger partial charge on any atom is 0.176 e. The van der Waals surface area contributed by atoms with Crippen LogP contribution in [0.1, 0.15) is 33.3 Å². The molecular formula is C19H27NO2S. The van der Waals surface area contributed by atoms with Crippen molar-refractivity contribution in [1.82, 2.24) is 4.90 Å². The highest BCUT2D eigenvalue weighted by Gasteiger charge is 2.17. The predicted octanol–water partition coefficient (Wildman–Crippen LogP) is 3.90. The third-order valence-electron chi connectivity index (χ3n) is 4.32. The maximum absolute atomic E-state index is 12.1. The monoisotopic (exact) mass is 333 g/mol. The second-order valence-corrected chi connectivity index (χ2v) is 8.70. The second-order valence-electron chi connectivity index (χ2n) is 6.72. The van der Waals surface area contributed by atoms with Gasteiger partial charge < -0.3 is 0 Å². The van der Waals surface area contributed by atoms with Crippen LogP contribution in [0.15, 0.2) is 41.3 Å². The van der Waals surface area contributed by atoms with Gasteiger partial charge in [0.2, 0.25) is 0 Å². The lowest BCUT2D eigenvalue weighted by Gasteiger charge is -2.30. The molecule has 0 spiro atoms. The standard InChI is InChI=1S/C19H27NO2S/c1-14(2)20(15(3)4)13-12-17-9-6-8-16-10-7-11-18(19(16)17)23(5,21)22/h6-11,14-15H,12-13H2,1-5H3. The summed E-state index contributed by atoms with van der Waals surface area (Å²) in [4.78, 5) is 2.87. The number of rotatable bonds is 6. The van der Waals surface area contributed by atoms with Crippen molar-refractivity contribution < 1.29 is 8.42 Å². The van der Waals surface area contributed by atoms with Crippen LogP contribution in [0, 0.1) is 0 Å². The summed E-state index contributed by atoms with van der Waals surface area (Å²) in [6.45, 7) is 9.72. The van der Waals surface area contributed by atoms with Gasteiger partial charge in [0.15, 0.2) is 9.84 Å². The Bertz CT molecular complexity index is 766. The average molecular weight is 333 g/mol. The van der Waals surface area contributed by atoms with Gasteiger partial charge in [-0.1, -0.05) is 30.3 Å². The van der Waals surface area contributed by atoms with E-state index in [1.54, 1.807) is 6.07 Å². The number of hydrogen-bond donors (Lipinski definition) is 0. The SMILES string of the molecule is CC(C)N(CCc1cccc2cccc(S(C)(=O)=O)c12)C(C)C. The van der Waals surface area contributed by atoms with Gasteiger partial charge >= 0.3 is 0 Å². The Morgan fingerprint density at radius 3 is 2.04 bits per heavy atom. The summed E-state index contributed by atoms with van der Waals surface area (Å²) in [7, 11) is -3.24. The molecule has 0 aliphatic heterocycles. The fourth-order valence-corrected chi connectivity index (χ4v) is 4.21. The third kappa shape index (κ3) is 4.12. The molecule has 126 valence electrons. The first kappa shape index (κ1) is 18.0. The van der Waals surface area contributed by atoms with E-state index in [4.69, 9.17) is 0 Å². The molecule has 2 aromatic carbocycles. The molecule has 2 rings (SSSR count). The number of nitrogens with zero attached hydrogens (tertiary/aromatic N) is 1. The Balaban J connectivity index is 2.45. The van der Waals surface area contributed by atoms with Crippen LogP contribution in [0.25, 0.3) is 10.8 Å². The Labute approximate surface area is 140 Å². The smallest absolute Gasteiger partial charge is 0.176 e. The molecule has 0 saturated carbocycles. The molecule has 0 heterocycles. The summed E-state index contributed by atoms with van der Waals surface area (Å²) in [6, 6.07) is 12.5. The molecular weight excluding hydrogens is 306 g/mol. The molecule has 3 nitrogen and oxygen atoms in total. The molecule has 2 aromatic rings. The molecule has 0 aliphatic rings. The minimum absolute atomic E-state index is 0.436. The topological polar surface area (TPSA) is 37.4 Å². The zero-order chi connectivity index (χ0) is 17.2. The van der Waals surface area contributed by atoms with Crippen LogP contribution in [-0.2, 0) is 16.3 Å². The van der Waals surface area contributed by atoms with Crippen LogP contribution in [-0.4, -0.2) is 38.2 Å². The van der Waals surface area contributed by atoms with Crippen LogP contribution in [0.2, 0.25) is 0 Å². The molecule has 4 heteroatoms. The van der Waals surface area contributed by atoms with Crippen molar-refractivity contribution in [1.29, 1.82) is 0 Å². The zero-order valence-electron chi connectivity index (χ0n) is 14.7. The van der Waals surface area contributed by atoms with Crippen molar-refractivity contribution in [3.63, 3.8) is 0 Å². The zero-order valence-corrected chi connectivity index (χ0v) is 15.5. The molecule has 0 atom stereocenters. The van der Waals surface area contributed by atoms with Gasteiger partial charge in [0.05, 0.1) is 4.90 Å². The van der Waals surface area contributed by atoms with E-state index in [0.29, 0.717) is 17.0 Å². The molecule has 0 bridgehead atoms. The molecule has 0 unspecified atom stereocenters. The van der Waals surface area contributed by atoms with E-state index >= 15 is 0 Å². The quantitative estimate of drug-likeness (QED) is 0.804. The number of fused-ring (bicyclic) bond motifs is 1. The molecule has 0 radical (unpaired) electrons. The lowest BCUT2D eigenvalue weighted by Crippen LogP contribution is -2.38. The van der Waals surface area contributed by atoms with Crippen LogP contribution in [0.4, 0.5) is 0 Å². The molecule has 0 aromatic heterocycles. The molecule has 0 saturated heterocycles. The Hall–Kier alpha value is -1.39. The van der Waals surface area contributed by atoms with Gasteiger partial charge in [-0.25, -0.2) is 8.42 Å². The molecule has 0 fully saturated rings. The van der Waals surface area contributed by atoms with Crippen molar-refractivity contribution in [3.8, 4) is 0 Å². The van der Waals surface area contributed by atoms with Crippen LogP contribution in [0.3, 0.4) is 0 Å². The minimum Gasteiger partial charge on any atom is -0.298 e. The van der Waals surface area contributed by atoms with Crippen LogP contribution < -0.4 is 0 Å². The van der Waals surface area contributed by atoms with E-state index in [1.807, 2.05) is 24.3 Å². The summed E-state index contributed by atoms with van der Waals surface area (Å²) < 4.78 is 24.3. The summed E-state index contributed by atoms with van der Waals surface area (Å²) in [5.74, 6) is 0. The summed E-state index contributed by atoms with van der Waals surface area (Å²) >= 11 is 0. The molecule has 0 N–H and O–H groups in total. The maximum atomic E-state index is 12.1. The van der Waals surface area contributed by atoms with Gasteiger partial charge in [-0.2, -0.15) is 0 Å². The number of benzene rings is 2. The summed E-state index contributed by atoms with van der Waals surface area (Å²) in [5, 5.41) is 1.87. The van der Waals surface area contributed by atoms with Crippen molar-refractivity contribution in [2.45, 2.75) is 51.1 Å².